The second-order valence-electron chi connectivity index (χ2n) is 4.39. The summed E-state index contributed by atoms with van der Waals surface area (Å²) in [6.07, 6.45) is 1.80. The Balaban J connectivity index is 2.57. The quantitative estimate of drug-likeness (QED) is 0.829. The third-order valence-electron chi connectivity index (χ3n) is 2.77. The van der Waals surface area contributed by atoms with Crippen molar-refractivity contribution in [1.29, 1.82) is 0 Å². The molecule has 0 bridgehead atoms. The molecule has 0 atom stereocenters. The SMILES string of the molecule is CN(C)c1ccc2c(c1)C=C(C(=O)O)CC(N)=N2. The number of carbonyl (C=O) groups is 1. The van der Waals surface area contributed by atoms with Crippen molar-refractivity contribution < 1.29 is 9.90 Å². The molecule has 1 aromatic rings. The first-order valence-corrected chi connectivity index (χ1v) is 5.55. The Labute approximate surface area is 105 Å². The van der Waals surface area contributed by atoms with Crippen molar-refractivity contribution >= 4 is 29.3 Å². The number of aliphatic imine (C=N–C) groups is 1. The molecule has 0 amide bonds. The van der Waals surface area contributed by atoms with Crippen LogP contribution in [0.5, 0.6) is 0 Å². The lowest BCUT2D eigenvalue weighted by Gasteiger charge is -2.13. The van der Waals surface area contributed by atoms with Crippen molar-refractivity contribution in [1.82, 2.24) is 0 Å². The molecule has 0 spiro atoms. The molecule has 1 aromatic carbocycles. The van der Waals surface area contributed by atoms with Crippen LogP contribution in [0.3, 0.4) is 0 Å². The summed E-state index contributed by atoms with van der Waals surface area (Å²) in [5, 5.41) is 9.10. The second-order valence-corrected chi connectivity index (χ2v) is 4.39. The van der Waals surface area contributed by atoms with Gasteiger partial charge in [-0.25, -0.2) is 9.79 Å². The van der Waals surface area contributed by atoms with E-state index in [0.717, 1.165) is 11.3 Å². The average Bonchev–Trinajstić information content (AvgIpc) is 2.45. The predicted molar refractivity (Wildman–Crippen MR) is 72.3 cm³/mol. The maximum absolute atomic E-state index is 11.1. The summed E-state index contributed by atoms with van der Waals surface area (Å²) in [5.74, 6) is -0.642. The summed E-state index contributed by atoms with van der Waals surface area (Å²) in [6, 6.07) is 5.68. The molecule has 5 heteroatoms. The number of nitrogens with two attached hydrogens (primary N) is 1. The third-order valence-corrected chi connectivity index (χ3v) is 2.77. The van der Waals surface area contributed by atoms with E-state index in [1.807, 2.05) is 37.2 Å². The van der Waals surface area contributed by atoms with Gasteiger partial charge in [-0.15, -0.1) is 0 Å². The average molecular weight is 245 g/mol. The Morgan fingerprint density at radius 1 is 1.44 bits per heavy atom. The number of carboxylic acids is 1. The van der Waals surface area contributed by atoms with Crippen LogP contribution < -0.4 is 10.6 Å². The molecule has 0 saturated heterocycles. The minimum Gasteiger partial charge on any atom is -0.478 e. The molecule has 0 unspecified atom stereocenters. The van der Waals surface area contributed by atoms with E-state index in [4.69, 9.17) is 10.8 Å². The van der Waals surface area contributed by atoms with Gasteiger partial charge < -0.3 is 15.7 Å². The molecule has 2 rings (SSSR count). The molecular weight excluding hydrogens is 230 g/mol. The number of rotatable bonds is 2. The van der Waals surface area contributed by atoms with Crippen LogP contribution in [-0.2, 0) is 4.79 Å². The van der Waals surface area contributed by atoms with Crippen LogP contribution in [0.25, 0.3) is 6.08 Å². The van der Waals surface area contributed by atoms with Gasteiger partial charge in [-0.2, -0.15) is 0 Å². The molecule has 1 aliphatic rings. The van der Waals surface area contributed by atoms with Gasteiger partial charge in [0.25, 0.3) is 0 Å². The predicted octanol–water partition coefficient (Wildman–Crippen LogP) is 1.61. The first kappa shape index (κ1) is 12.2. The van der Waals surface area contributed by atoms with Gasteiger partial charge in [0.2, 0.25) is 0 Å². The number of aliphatic carboxylic acids is 1. The Hall–Kier alpha value is -2.30. The summed E-state index contributed by atoms with van der Waals surface area (Å²) in [4.78, 5) is 17.3. The molecule has 5 nitrogen and oxygen atoms in total. The first-order valence-electron chi connectivity index (χ1n) is 5.55. The molecule has 1 heterocycles. The lowest BCUT2D eigenvalue weighted by atomic mass is 10.1. The number of fused-ring (bicyclic) bond motifs is 1. The Morgan fingerprint density at radius 3 is 2.78 bits per heavy atom. The smallest absolute Gasteiger partial charge is 0.332 e. The number of anilines is 1. The van der Waals surface area contributed by atoms with Crippen LogP contribution in [0.15, 0.2) is 28.8 Å². The fourth-order valence-corrected chi connectivity index (χ4v) is 1.80. The fraction of sp³-hybridized carbons (Fsp3) is 0.231. The highest BCUT2D eigenvalue weighted by Gasteiger charge is 2.15. The van der Waals surface area contributed by atoms with Gasteiger partial charge in [0.15, 0.2) is 0 Å². The van der Waals surface area contributed by atoms with Crippen LogP contribution in [0.2, 0.25) is 0 Å². The van der Waals surface area contributed by atoms with E-state index in [1.54, 1.807) is 6.08 Å². The Morgan fingerprint density at radius 2 is 2.17 bits per heavy atom. The number of amidine groups is 1. The molecule has 0 radical (unpaired) electrons. The number of nitrogens with zero attached hydrogens (tertiary/aromatic N) is 2. The summed E-state index contributed by atoms with van der Waals surface area (Å²) in [5.41, 5.74) is 8.44. The van der Waals surface area contributed by atoms with Crippen molar-refractivity contribution in [3.8, 4) is 0 Å². The van der Waals surface area contributed by atoms with Crippen molar-refractivity contribution in [2.24, 2.45) is 10.7 Å². The monoisotopic (exact) mass is 245 g/mol. The van der Waals surface area contributed by atoms with Gasteiger partial charge >= 0.3 is 5.97 Å². The summed E-state index contributed by atoms with van der Waals surface area (Å²) in [7, 11) is 3.86. The lowest BCUT2D eigenvalue weighted by molar-refractivity contribution is -0.132. The maximum atomic E-state index is 11.1. The van der Waals surface area contributed by atoms with E-state index < -0.39 is 5.97 Å². The maximum Gasteiger partial charge on any atom is 0.332 e. The van der Waals surface area contributed by atoms with Gasteiger partial charge in [-0.1, -0.05) is 0 Å². The summed E-state index contributed by atoms with van der Waals surface area (Å²) < 4.78 is 0. The molecule has 0 aromatic heterocycles. The lowest BCUT2D eigenvalue weighted by Crippen LogP contribution is -2.14. The number of benzene rings is 1. The van der Waals surface area contributed by atoms with Gasteiger partial charge in [0, 0.05) is 37.3 Å². The van der Waals surface area contributed by atoms with E-state index in [-0.39, 0.29) is 12.0 Å². The van der Waals surface area contributed by atoms with E-state index >= 15 is 0 Å². The molecule has 0 saturated carbocycles. The minimum absolute atomic E-state index is 0.168. The molecular formula is C13H15N3O2. The van der Waals surface area contributed by atoms with Crippen LogP contribution in [0.4, 0.5) is 11.4 Å². The van der Waals surface area contributed by atoms with Crippen molar-refractivity contribution in [2.75, 3.05) is 19.0 Å². The van der Waals surface area contributed by atoms with Gasteiger partial charge in [-0.3, -0.25) is 0 Å². The molecule has 94 valence electrons. The number of carboxylic acid groups (broad SMARTS) is 1. The van der Waals surface area contributed by atoms with Crippen molar-refractivity contribution in [3.63, 3.8) is 0 Å². The van der Waals surface area contributed by atoms with Crippen LogP contribution in [-0.4, -0.2) is 31.0 Å². The van der Waals surface area contributed by atoms with Crippen LogP contribution in [0, 0.1) is 0 Å². The van der Waals surface area contributed by atoms with E-state index in [1.165, 1.54) is 0 Å². The van der Waals surface area contributed by atoms with Gasteiger partial charge in [0.1, 0.15) is 5.84 Å². The number of hydrogen-bond donors (Lipinski definition) is 2. The topological polar surface area (TPSA) is 78.9 Å². The standard InChI is InChI=1S/C13H15N3O2/c1-16(2)10-3-4-11-8(6-10)5-9(13(17)18)7-12(14)15-11/h3-6H,7H2,1-2H3,(H2,14,15)(H,17,18). The largest absolute Gasteiger partial charge is 0.478 e. The highest BCUT2D eigenvalue weighted by Crippen LogP contribution is 2.29. The summed E-state index contributed by atoms with van der Waals surface area (Å²) >= 11 is 0. The van der Waals surface area contributed by atoms with Crippen molar-refractivity contribution in [3.05, 3.63) is 29.3 Å². The van der Waals surface area contributed by atoms with Crippen LogP contribution in [0.1, 0.15) is 12.0 Å². The summed E-state index contributed by atoms with van der Waals surface area (Å²) in [6.45, 7) is 0. The normalized spacial score (nSPS) is 14.1. The molecule has 3 N–H and O–H groups in total. The highest BCUT2D eigenvalue weighted by molar-refractivity contribution is 6.02. The Bertz CT molecular complexity index is 559. The van der Waals surface area contributed by atoms with Crippen LogP contribution >= 0.6 is 0 Å². The molecule has 1 aliphatic heterocycles. The van der Waals surface area contributed by atoms with E-state index in [2.05, 4.69) is 4.99 Å². The second kappa shape index (κ2) is 4.52. The zero-order valence-corrected chi connectivity index (χ0v) is 10.3. The molecule has 0 fully saturated rings. The van der Waals surface area contributed by atoms with E-state index in [0.29, 0.717) is 11.5 Å². The van der Waals surface area contributed by atoms with E-state index in [9.17, 15) is 4.79 Å². The Kier molecular flexibility index (Phi) is 3.06. The molecule has 0 aliphatic carbocycles. The fourth-order valence-electron chi connectivity index (χ4n) is 1.80. The minimum atomic E-state index is -0.962. The first-order chi connectivity index (χ1) is 8.47. The van der Waals surface area contributed by atoms with Gasteiger partial charge in [0.05, 0.1) is 5.69 Å². The molecule has 18 heavy (non-hydrogen) atoms. The number of hydrogen-bond acceptors (Lipinski definition) is 4. The third kappa shape index (κ3) is 2.34. The zero-order valence-electron chi connectivity index (χ0n) is 10.3. The van der Waals surface area contributed by atoms with Gasteiger partial charge in [-0.05, 0) is 24.3 Å². The van der Waals surface area contributed by atoms with Crippen molar-refractivity contribution in [2.45, 2.75) is 6.42 Å². The zero-order chi connectivity index (χ0) is 13.3. The highest BCUT2D eigenvalue weighted by atomic mass is 16.4.